The van der Waals surface area contributed by atoms with Gasteiger partial charge in [-0.25, -0.2) is 8.42 Å². The number of aryl methyl sites for hydroxylation is 4. The standard InChI is InChI=1S/C29H32N4O5S/c1-18-14-19(2)23(20(3)15-18)11-12-26-28(21(4)31-38-26)39(36,37)32-13-7-8-22(16-32)29(35)33-17-27(34)30-24-9-5-6-10-25(24)33/h5-6,9-12,14-15,22H,7-8,13,16-17H2,1-4H3,(H,30,34). The normalized spacial score (nSPS) is 18.3. The van der Waals surface area contributed by atoms with Crippen LogP contribution in [0, 0.1) is 33.6 Å². The number of anilines is 2. The van der Waals surface area contributed by atoms with Crippen molar-refractivity contribution in [3.8, 4) is 0 Å². The summed E-state index contributed by atoms with van der Waals surface area (Å²) in [5.41, 5.74) is 5.76. The third-order valence-electron chi connectivity index (χ3n) is 7.34. The fourth-order valence-electron chi connectivity index (χ4n) is 5.55. The van der Waals surface area contributed by atoms with Crippen LogP contribution in [0.1, 0.15) is 46.5 Å². The molecule has 2 aliphatic heterocycles. The molecule has 1 fully saturated rings. The summed E-state index contributed by atoms with van der Waals surface area (Å²) in [6.45, 7) is 7.87. The molecule has 0 saturated carbocycles. The van der Waals surface area contributed by atoms with Crippen LogP contribution < -0.4 is 10.2 Å². The van der Waals surface area contributed by atoms with Gasteiger partial charge >= 0.3 is 0 Å². The highest BCUT2D eigenvalue weighted by Gasteiger charge is 2.39. The molecule has 3 aromatic rings. The van der Waals surface area contributed by atoms with Gasteiger partial charge in [-0.3, -0.25) is 9.59 Å². The lowest BCUT2D eigenvalue weighted by atomic mass is 9.97. The Morgan fingerprint density at radius 3 is 2.56 bits per heavy atom. The Kier molecular flexibility index (Phi) is 7.17. The van der Waals surface area contributed by atoms with Crippen molar-refractivity contribution in [2.45, 2.75) is 45.4 Å². The minimum absolute atomic E-state index is 0.0111. The molecule has 1 saturated heterocycles. The average molecular weight is 549 g/mol. The number of hydrogen-bond acceptors (Lipinski definition) is 6. The molecule has 204 valence electrons. The van der Waals surface area contributed by atoms with E-state index in [0.717, 1.165) is 22.3 Å². The summed E-state index contributed by atoms with van der Waals surface area (Å²) in [6, 6.07) is 11.3. The van der Waals surface area contributed by atoms with Crippen LogP contribution in [0.2, 0.25) is 0 Å². The number of aromatic nitrogens is 1. The fraction of sp³-hybridized carbons (Fsp3) is 0.345. The third kappa shape index (κ3) is 5.14. The number of rotatable bonds is 5. The molecule has 1 N–H and O–H groups in total. The van der Waals surface area contributed by atoms with Gasteiger partial charge in [0.05, 0.1) is 17.3 Å². The molecule has 0 aliphatic carbocycles. The second-order valence-electron chi connectivity index (χ2n) is 10.3. The highest BCUT2D eigenvalue weighted by atomic mass is 32.2. The molecule has 1 atom stereocenters. The number of benzene rings is 2. The van der Waals surface area contributed by atoms with E-state index in [0.29, 0.717) is 24.2 Å². The first-order valence-corrected chi connectivity index (χ1v) is 14.4. The van der Waals surface area contributed by atoms with Crippen LogP contribution in [0.5, 0.6) is 0 Å². The van der Waals surface area contributed by atoms with Gasteiger partial charge in [0.1, 0.15) is 12.2 Å². The Morgan fingerprint density at radius 1 is 1.10 bits per heavy atom. The zero-order chi connectivity index (χ0) is 27.9. The van der Waals surface area contributed by atoms with Crippen LogP contribution in [-0.4, -0.2) is 49.3 Å². The summed E-state index contributed by atoms with van der Waals surface area (Å²) in [7, 11) is -4.00. The maximum Gasteiger partial charge on any atom is 0.248 e. The number of hydrogen-bond donors (Lipinski definition) is 1. The number of nitrogens with zero attached hydrogens (tertiary/aromatic N) is 3. The monoisotopic (exact) mass is 548 g/mol. The van der Waals surface area contributed by atoms with Crippen LogP contribution in [0.3, 0.4) is 0 Å². The molecule has 1 unspecified atom stereocenters. The lowest BCUT2D eigenvalue weighted by Crippen LogP contribution is -2.50. The van der Waals surface area contributed by atoms with E-state index in [1.54, 1.807) is 37.3 Å². The van der Waals surface area contributed by atoms with E-state index in [-0.39, 0.29) is 47.8 Å². The topological polar surface area (TPSA) is 113 Å². The van der Waals surface area contributed by atoms with Crippen LogP contribution in [0.4, 0.5) is 11.4 Å². The summed E-state index contributed by atoms with van der Waals surface area (Å²) >= 11 is 0. The molecule has 5 rings (SSSR count). The van der Waals surface area contributed by atoms with E-state index < -0.39 is 15.9 Å². The summed E-state index contributed by atoms with van der Waals surface area (Å²) in [5, 5.41) is 6.74. The largest absolute Gasteiger partial charge is 0.355 e. The summed E-state index contributed by atoms with van der Waals surface area (Å²) in [4.78, 5) is 27.3. The summed E-state index contributed by atoms with van der Waals surface area (Å²) < 4.78 is 34.6. The van der Waals surface area contributed by atoms with Gasteiger partial charge in [-0.15, -0.1) is 0 Å². The highest BCUT2D eigenvalue weighted by molar-refractivity contribution is 7.89. The average Bonchev–Trinajstić information content (AvgIpc) is 3.28. The molecule has 3 heterocycles. The van der Waals surface area contributed by atoms with Crippen LogP contribution in [0.15, 0.2) is 45.8 Å². The van der Waals surface area contributed by atoms with Crippen molar-refractivity contribution in [3.63, 3.8) is 0 Å². The number of sulfonamides is 1. The van der Waals surface area contributed by atoms with E-state index in [4.69, 9.17) is 4.52 Å². The quantitative estimate of drug-likeness (QED) is 0.504. The predicted octanol–water partition coefficient (Wildman–Crippen LogP) is 4.46. The maximum atomic E-state index is 13.9. The Morgan fingerprint density at radius 2 is 1.82 bits per heavy atom. The van der Waals surface area contributed by atoms with Crippen molar-refractivity contribution in [2.75, 3.05) is 29.9 Å². The number of carbonyl (C=O) groups excluding carboxylic acids is 2. The predicted molar refractivity (Wildman–Crippen MR) is 150 cm³/mol. The smallest absolute Gasteiger partial charge is 0.248 e. The van der Waals surface area contributed by atoms with Crippen molar-refractivity contribution >= 4 is 45.4 Å². The molecule has 2 amide bonds. The molecule has 39 heavy (non-hydrogen) atoms. The molecule has 10 heteroatoms. The van der Waals surface area contributed by atoms with Gasteiger partial charge in [-0.05, 0) is 75.4 Å². The minimum Gasteiger partial charge on any atom is -0.355 e. The van der Waals surface area contributed by atoms with Crippen molar-refractivity contribution in [2.24, 2.45) is 5.92 Å². The van der Waals surface area contributed by atoms with E-state index >= 15 is 0 Å². The van der Waals surface area contributed by atoms with Gasteiger partial charge < -0.3 is 14.7 Å². The second-order valence-corrected chi connectivity index (χ2v) is 12.2. The molecule has 2 aromatic carbocycles. The lowest BCUT2D eigenvalue weighted by Gasteiger charge is -2.36. The molecular weight excluding hydrogens is 516 g/mol. The van der Waals surface area contributed by atoms with Gasteiger partial charge in [0.25, 0.3) is 0 Å². The number of para-hydroxylation sites is 2. The zero-order valence-corrected chi connectivity index (χ0v) is 23.3. The number of carbonyl (C=O) groups is 2. The van der Waals surface area contributed by atoms with Gasteiger partial charge in [0, 0.05) is 13.1 Å². The number of fused-ring (bicyclic) bond motifs is 1. The first-order valence-electron chi connectivity index (χ1n) is 13.0. The van der Waals surface area contributed by atoms with Gasteiger partial charge in [-0.1, -0.05) is 41.1 Å². The third-order valence-corrected chi connectivity index (χ3v) is 9.36. The first kappa shape index (κ1) is 26.8. The van der Waals surface area contributed by atoms with Crippen LogP contribution in [-0.2, 0) is 19.6 Å². The van der Waals surface area contributed by atoms with E-state index in [2.05, 4.69) is 22.6 Å². The van der Waals surface area contributed by atoms with E-state index in [9.17, 15) is 18.0 Å². The van der Waals surface area contributed by atoms with Gasteiger partial charge in [0.2, 0.25) is 21.8 Å². The molecule has 0 radical (unpaired) electrons. The van der Waals surface area contributed by atoms with E-state index in [1.165, 1.54) is 9.21 Å². The Bertz CT molecular complexity index is 1570. The highest BCUT2D eigenvalue weighted by Crippen LogP contribution is 2.34. The molecule has 9 nitrogen and oxygen atoms in total. The van der Waals surface area contributed by atoms with Crippen molar-refractivity contribution < 1.29 is 22.5 Å². The van der Waals surface area contributed by atoms with Gasteiger partial charge in [-0.2, -0.15) is 4.31 Å². The maximum absolute atomic E-state index is 13.9. The molecule has 0 spiro atoms. The Labute approximate surface area is 228 Å². The van der Waals surface area contributed by atoms with Crippen LogP contribution in [0.25, 0.3) is 12.2 Å². The minimum atomic E-state index is -4.00. The van der Waals surface area contributed by atoms with Crippen molar-refractivity contribution in [1.82, 2.24) is 9.46 Å². The zero-order valence-electron chi connectivity index (χ0n) is 22.5. The SMILES string of the molecule is Cc1cc(C)c(C=Cc2onc(C)c2S(=O)(=O)N2CCCC(C(=O)N3CC(=O)Nc4ccccc43)C2)c(C)c1. The lowest BCUT2D eigenvalue weighted by molar-refractivity contribution is -0.125. The van der Waals surface area contributed by atoms with Gasteiger partial charge in [0.15, 0.2) is 10.7 Å². The summed E-state index contributed by atoms with van der Waals surface area (Å²) in [6.07, 6.45) is 4.55. The van der Waals surface area contributed by atoms with Crippen LogP contribution >= 0.6 is 0 Å². The molecule has 2 aliphatic rings. The molecule has 0 bridgehead atoms. The fourth-order valence-corrected chi connectivity index (χ4v) is 7.33. The Balaban J connectivity index is 1.41. The first-order chi connectivity index (χ1) is 18.6. The summed E-state index contributed by atoms with van der Waals surface area (Å²) in [5.74, 6) is -0.964. The number of piperidine rings is 1. The number of nitrogens with one attached hydrogen (secondary N) is 1. The molecular formula is C29H32N4O5S. The number of amides is 2. The Hall–Kier alpha value is -3.76. The van der Waals surface area contributed by atoms with E-state index in [1.807, 2.05) is 26.8 Å². The van der Waals surface area contributed by atoms with Crippen molar-refractivity contribution in [1.29, 1.82) is 0 Å². The van der Waals surface area contributed by atoms with Crippen molar-refractivity contribution in [3.05, 3.63) is 70.1 Å². The molecule has 1 aromatic heterocycles. The second kappa shape index (κ2) is 10.4.